The van der Waals surface area contributed by atoms with E-state index in [1.54, 1.807) is 17.0 Å². The van der Waals surface area contributed by atoms with Gasteiger partial charge in [-0.1, -0.05) is 11.2 Å². The molecule has 0 unspecified atom stereocenters. The number of β-lactam (4-membered cyclic amide) rings is 1. The van der Waals surface area contributed by atoms with Gasteiger partial charge in [-0.3, -0.25) is 14.5 Å². The Morgan fingerprint density at radius 2 is 2.03 bits per heavy atom. The number of aromatic nitrogens is 2. The van der Waals surface area contributed by atoms with Crippen LogP contribution in [0.3, 0.4) is 0 Å². The Hall–Kier alpha value is -3.98. The van der Waals surface area contributed by atoms with Gasteiger partial charge in [-0.25, -0.2) is 14.3 Å². The fourth-order valence-electron chi connectivity index (χ4n) is 3.81. The average molecular weight is 561 g/mol. The lowest BCUT2D eigenvalue weighted by Gasteiger charge is -2.50. The summed E-state index contributed by atoms with van der Waals surface area (Å²) in [5, 5.41) is 19.4. The van der Waals surface area contributed by atoms with Gasteiger partial charge in [0.15, 0.2) is 29.8 Å². The monoisotopic (exact) mass is 560 g/mol. The molecule has 4 rings (SSSR count). The summed E-state index contributed by atoms with van der Waals surface area (Å²) in [5.41, 5.74) is 4.24. The van der Waals surface area contributed by atoms with Gasteiger partial charge in [0.2, 0.25) is 5.60 Å². The van der Waals surface area contributed by atoms with Crippen molar-refractivity contribution in [1.82, 2.24) is 15.2 Å². The Morgan fingerprint density at radius 1 is 1.32 bits per heavy atom. The lowest BCUT2D eigenvalue weighted by Crippen LogP contribution is -2.71. The summed E-state index contributed by atoms with van der Waals surface area (Å²) in [6.07, 6.45) is 3.57. The molecule has 1 fully saturated rings. The summed E-state index contributed by atoms with van der Waals surface area (Å²) in [5.74, 6) is -3.32. The number of anilines is 1. The second-order valence-electron chi connectivity index (χ2n) is 8.75. The number of nitrogens with one attached hydrogen (secondary N) is 1. The summed E-state index contributed by atoms with van der Waals surface area (Å²) >= 11 is 2.37. The fraction of sp³-hybridized carbons (Fsp3) is 0.348. The third kappa shape index (κ3) is 5.33. The number of carbonyl (C=O) groups is 4. The number of fused-ring (bicyclic) bond motifs is 1. The van der Waals surface area contributed by atoms with E-state index >= 15 is 0 Å². The van der Waals surface area contributed by atoms with Gasteiger partial charge < -0.3 is 30.5 Å². The third-order valence-electron chi connectivity index (χ3n) is 5.70. The first kappa shape index (κ1) is 27.1. The molecule has 2 amide bonds. The predicted octanol–water partition coefficient (Wildman–Crippen LogP) is -1.21. The highest BCUT2D eigenvalue weighted by Gasteiger charge is 2.53. The number of nitrogens with two attached hydrogens (primary N) is 1. The number of thiazole rings is 1. The van der Waals surface area contributed by atoms with E-state index in [0.717, 1.165) is 16.2 Å². The molecule has 2 aliphatic heterocycles. The number of rotatable bonds is 9. The summed E-state index contributed by atoms with van der Waals surface area (Å²) in [4.78, 5) is 60.7. The smallest absolute Gasteiger partial charge is 0.352 e. The molecule has 0 aromatic carbocycles. The molecule has 2 aromatic rings. The van der Waals surface area contributed by atoms with E-state index in [1.165, 1.54) is 38.1 Å². The number of carbonyl (C=O) groups excluding carboxylic acids is 4. The van der Waals surface area contributed by atoms with Crippen LogP contribution >= 0.6 is 23.1 Å². The number of esters is 1. The zero-order valence-electron chi connectivity index (χ0n) is 20.6. The van der Waals surface area contributed by atoms with Crippen LogP contribution in [0, 0.1) is 0 Å². The van der Waals surface area contributed by atoms with Crippen LogP contribution in [-0.4, -0.2) is 69.2 Å². The number of carboxylic acids is 1. The Labute approximate surface area is 225 Å². The quantitative estimate of drug-likeness (QED) is 0.124. The molecule has 1 saturated heterocycles. The first-order valence-corrected chi connectivity index (χ1v) is 13.1. The minimum atomic E-state index is -1.52. The first-order valence-electron chi connectivity index (χ1n) is 11.2. The van der Waals surface area contributed by atoms with Crippen molar-refractivity contribution in [3.8, 4) is 0 Å². The number of thioether (sulfide) groups is 1. The number of hydrogen-bond acceptors (Lipinski definition) is 12. The summed E-state index contributed by atoms with van der Waals surface area (Å²) in [7, 11) is 1.18. The molecule has 4 heterocycles. The highest BCUT2D eigenvalue weighted by molar-refractivity contribution is 8.00. The van der Waals surface area contributed by atoms with Crippen molar-refractivity contribution in [3.63, 3.8) is 0 Å². The van der Waals surface area contributed by atoms with E-state index in [1.807, 2.05) is 18.2 Å². The maximum atomic E-state index is 13.2. The van der Waals surface area contributed by atoms with Crippen LogP contribution in [-0.2, 0) is 35.3 Å². The van der Waals surface area contributed by atoms with Gasteiger partial charge in [-0.2, -0.15) is 0 Å². The lowest BCUT2D eigenvalue weighted by molar-refractivity contribution is -0.689. The van der Waals surface area contributed by atoms with E-state index in [2.05, 4.69) is 20.2 Å². The van der Waals surface area contributed by atoms with Crippen molar-refractivity contribution in [3.05, 3.63) is 52.9 Å². The van der Waals surface area contributed by atoms with E-state index < -0.39 is 40.8 Å². The topological polar surface area (TPSA) is 180 Å². The molecule has 0 bridgehead atoms. The third-order valence-corrected chi connectivity index (χ3v) is 7.71. The maximum absolute atomic E-state index is 13.2. The Balaban J connectivity index is 1.55. The summed E-state index contributed by atoms with van der Waals surface area (Å²) in [6.45, 7) is 3.07. The highest BCUT2D eigenvalue weighted by atomic mass is 32.2. The molecule has 0 radical (unpaired) electrons. The van der Waals surface area contributed by atoms with E-state index in [4.69, 9.17) is 10.6 Å². The normalized spacial score (nSPS) is 19.4. The van der Waals surface area contributed by atoms with Gasteiger partial charge in [0, 0.05) is 28.8 Å². The first-order chi connectivity index (χ1) is 18.0. The number of pyridine rings is 1. The van der Waals surface area contributed by atoms with Crippen molar-refractivity contribution in [2.24, 2.45) is 5.16 Å². The molecule has 13 nitrogen and oxygen atoms in total. The molecule has 0 saturated carbocycles. The lowest BCUT2D eigenvalue weighted by atomic mass is 10.0. The number of nitrogen functional groups attached to an aromatic ring is 1. The van der Waals surface area contributed by atoms with Crippen LogP contribution in [0.15, 0.2) is 52.4 Å². The maximum Gasteiger partial charge on any atom is 0.352 e. The molecule has 2 aromatic heterocycles. The standard InChI is InChI=1S/C23H24N6O7S2/c1-23(2,21(34)35-3)36-27-14(13-11-38-22(24)25-13)17(30)26-15-18(31)29-16(20(32)33)12(10-37-19(15)29)9-28-7-5-4-6-8-28/h4-8,11,15,19H,9-10H2,1-3H3,(H3-,24,25,26,30,32,33)/b27-14-/t15-,19-/m1/s1. The Bertz CT molecular complexity index is 1340. The van der Waals surface area contributed by atoms with E-state index in [-0.39, 0.29) is 28.8 Å². The second-order valence-corrected chi connectivity index (χ2v) is 10.7. The van der Waals surface area contributed by atoms with Gasteiger partial charge in [0.05, 0.1) is 18.8 Å². The molecule has 0 spiro atoms. The molecule has 38 heavy (non-hydrogen) atoms. The van der Waals surface area contributed by atoms with Crippen LogP contribution in [0.2, 0.25) is 0 Å². The minimum Gasteiger partial charge on any atom is -0.543 e. The molecule has 3 N–H and O–H groups in total. The van der Waals surface area contributed by atoms with Crippen LogP contribution in [0.5, 0.6) is 0 Å². The number of methoxy groups -OCH3 is 1. The van der Waals surface area contributed by atoms with Crippen LogP contribution in [0.4, 0.5) is 5.13 Å². The van der Waals surface area contributed by atoms with Crippen molar-refractivity contribution in [1.29, 1.82) is 0 Å². The summed E-state index contributed by atoms with van der Waals surface area (Å²) in [6, 6.07) is 4.41. The van der Waals surface area contributed by atoms with Crippen LogP contribution in [0.25, 0.3) is 0 Å². The zero-order chi connectivity index (χ0) is 27.6. The molecule has 0 aliphatic carbocycles. The van der Waals surface area contributed by atoms with Gasteiger partial charge in [-0.15, -0.1) is 23.1 Å². The number of nitrogens with zero attached hydrogens (tertiary/aromatic N) is 4. The average Bonchev–Trinajstić information content (AvgIpc) is 3.32. The van der Waals surface area contributed by atoms with Gasteiger partial charge in [-0.05, 0) is 13.8 Å². The minimum absolute atomic E-state index is 0.0723. The number of hydrogen-bond donors (Lipinski definition) is 2. The number of aliphatic carboxylic acids is 1. The molecule has 2 atom stereocenters. The van der Waals surface area contributed by atoms with Gasteiger partial charge in [0.1, 0.15) is 17.1 Å². The Kier molecular flexibility index (Phi) is 7.68. The molecular weight excluding hydrogens is 536 g/mol. The van der Waals surface area contributed by atoms with Crippen molar-refractivity contribution in [2.45, 2.75) is 37.4 Å². The summed E-state index contributed by atoms with van der Waals surface area (Å²) < 4.78 is 6.47. The van der Waals surface area contributed by atoms with Crippen LogP contribution in [0.1, 0.15) is 19.5 Å². The van der Waals surface area contributed by atoms with Crippen molar-refractivity contribution in [2.75, 3.05) is 18.6 Å². The largest absolute Gasteiger partial charge is 0.543 e. The van der Waals surface area contributed by atoms with Gasteiger partial charge >= 0.3 is 5.97 Å². The SMILES string of the molecule is COC(=O)C(C)(C)O/N=C(\C(=O)N[C@@H]1C(=O)N2C(C(=O)[O-])=C(C[n+]3ccccc3)CS[C@H]12)c1csc(N)n1. The second kappa shape index (κ2) is 10.8. The molecule has 2 aliphatic rings. The van der Waals surface area contributed by atoms with E-state index in [9.17, 15) is 24.3 Å². The number of oxime groups is 1. The van der Waals surface area contributed by atoms with Gasteiger partial charge in [0.25, 0.3) is 11.8 Å². The highest BCUT2D eigenvalue weighted by Crippen LogP contribution is 2.40. The van der Waals surface area contributed by atoms with Crippen LogP contribution < -0.4 is 20.7 Å². The molecule has 15 heteroatoms. The molecule has 200 valence electrons. The number of amides is 2. The fourth-order valence-corrected chi connectivity index (χ4v) is 5.69. The van der Waals surface area contributed by atoms with Crippen molar-refractivity contribution < 1.29 is 38.4 Å². The number of carboxylic acid groups (broad SMARTS) is 1. The molecular formula is C23H24N6O7S2. The number of ether oxygens (including phenoxy) is 1. The van der Waals surface area contributed by atoms with E-state index in [0.29, 0.717) is 11.3 Å². The van der Waals surface area contributed by atoms with Crippen molar-refractivity contribution >= 4 is 57.7 Å². The zero-order valence-corrected chi connectivity index (χ0v) is 22.2. The predicted molar refractivity (Wildman–Crippen MR) is 134 cm³/mol. The Morgan fingerprint density at radius 3 is 2.63 bits per heavy atom.